The van der Waals surface area contributed by atoms with Crippen LogP contribution in [0, 0.1) is 10.1 Å². The number of amides is 2. The highest BCUT2D eigenvalue weighted by Crippen LogP contribution is 2.25. The van der Waals surface area contributed by atoms with Crippen molar-refractivity contribution in [3.05, 3.63) is 68.2 Å². The Balaban J connectivity index is 1.86. The molecule has 0 spiro atoms. The van der Waals surface area contributed by atoms with E-state index in [9.17, 15) is 19.7 Å². The molecule has 2 amide bonds. The van der Waals surface area contributed by atoms with Crippen LogP contribution >= 0.6 is 23.2 Å². The minimum atomic E-state index is -0.513. The number of nitro groups is 1. The summed E-state index contributed by atoms with van der Waals surface area (Å²) in [4.78, 5) is 34.1. The predicted molar refractivity (Wildman–Crippen MR) is 108 cm³/mol. The van der Waals surface area contributed by atoms with E-state index in [4.69, 9.17) is 23.2 Å². The van der Waals surface area contributed by atoms with Crippen LogP contribution in [-0.4, -0.2) is 22.4 Å². The monoisotopic (exact) mass is 422 g/mol. The maximum Gasteiger partial charge on any atom is 0.270 e. The predicted octanol–water partition coefficient (Wildman–Crippen LogP) is 4.16. The number of rotatable bonds is 7. The van der Waals surface area contributed by atoms with E-state index in [0.29, 0.717) is 27.0 Å². The van der Waals surface area contributed by atoms with Crippen LogP contribution in [-0.2, 0) is 9.59 Å². The quantitative estimate of drug-likeness (QED) is 0.395. The standard InChI is InChI=1S/C18H16Cl2N4O4/c1-11(12-3-2-4-14(9-12)24(27)28)22-23-18(26)8-7-17(25)21-16-6-5-13(19)10-15(16)20/h2-6,9-10H,7-8H2,1H3,(H,21,25)(H,23,26)/b22-11+. The summed E-state index contributed by atoms with van der Waals surface area (Å²) in [7, 11) is 0. The third-order valence-corrected chi connectivity index (χ3v) is 4.16. The zero-order chi connectivity index (χ0) is 20.7. The summed E-state index contributed by atoms with van der Waals surface area (Å²) in [6, 6.07) is 10.5. The molecule has 0 aliphatic carbocycles. The fourth-order valence-corrected chi connectivity index (χ4v) is 2.60. The summed E-state index contributed by atoms with van der Waals surface area (Å²) >= 11 is 11.8. The lowest BCUT2D eigenvalue weighted by molar-refractivity contribution is -0.384. The molecule has 0 heterocycles. The number of carbonyl (C=O) groups excluding carboxylic acids is 2. The number of hydrazone groups is 1. The van der Waals surface area contributed by atoms with Crippen LogP contribution in [0.5, 0.6) is 0 Å². The number of nitrogens with zero attached hydrogens (tertiary/aromatic N) is 2. The van der Waals surface area contributed by atoms with Crippen LogP contribution in [0.25, 0.3) is 0 Å². The number of halogens is 2. The van der Waals surface area contributed by atoms with Crippen molar-refractivity contribution in [2.24, 2.45) is 5.10 Å². The Morgan fingerprint density at radius 2 is 1.82 bits per heavy atom. The third kappa shape index (κ3) is 6.33. The molecule has 10 heteroatoms. The molecule has 0 saturated heterocycles. The van der Waals surface area contributed by atoms with Gasteiger partial charge in [0.05, 0.1) is 21.3 Å². The lowest BCUT2D eigenvalue weighted by Gasteiger charge is -2.07. The number of carbonyl (C=O) groups is 2. The molecule has 8 nitrogen and oxygen atoms in total. The van der Waals surface area contributed by atoms with Gasteiger partial charge in [-0.05, 0) is 25.1 Å². The van der Waals surface area contributed by atoms with Gasteiger partial charge in [0.15, 0.2) is 0 Å². The van der Waals surface area contributed by atoms with Crippen molar-refractivity contribution < 1.29 is 14.5 Å². The van der Waals surface area contributed by atoms with Gasteiger partial charge in [0.2, 0.25) is 11.8 Å². The molecular weight excluding hydrogens is 407 g/mol. The number of benzene rings is 2. The molecule has 0 atom stereocenters. The highest BCUT2D eigenvalue weighted by molar-refractivity contribution is 6.36. The molecule has 0 aromatic heterocycles. The van der Waals surface area contributed by atoms with Gasteiger partial charge in [-0.15, -0.1) is 0 Å². The van der Waals surface area contributed by atoms with Crippen LogP contribution in [0.15, 0.2) is 47.6 Å². The zero-order valence-corrected chi connectivity index (χ0v) is 16.3. The molecule has 0 fully saturated rings. The number of non-ortho nitro benzene ring substituents is 1. The van der Waals surface area contributed by atoms with E-state index in [1.807, 2.05) is 0 Å². The van der Waals surface area contributed by atoms with Gasteiger partial charge in [-0.2, -0.15) is 5.10 Å². The molecule has 28 heavy (non-hydrogen) atoms. The molecule has 2 rings (SSSR count). The lowest BCUT2D eigenvalue weighted by Crippen LogP contribution is -2.21. The molecule has 0 unspecified atom stereocenters. The normalized spacial score (nSPS) is 11.0. The van der Waals surface area contributed by atoms with Crippen LogP contribution in [0.4, 0.5) is 11.4 Å². The Morgan fingerprint density at radius 1 is 1.11 bits per heavy atom. The zero-order valence-electron chi connectivity index (χ0n) is 14.7. The smallest absolute Gasteiger partial charge is 0.270 e. The van der Waals surface area contributed by atoms with E-state index in [2.05, 4.69) is 15.8 Å². The highest BCUT2D eigenvalue weighted by Gasteiger charge is 2.10. The van der Waals surface area contributed by atoms with Crippen molar-refractivity contribution in [3.8, 4) is 0 Å². The number of anilines is 1. The molecule has 0 aliphatic rings. The number of hydrogen-bond acceptors (Lipinski definition) is 5. The first-order valence-corrected chi connectivity index (χ1v) is 8.84. The van der Waals surface area contributed by atoms with Crippen LogP contribution in [0.2, 0.25) is 10.0 Å². The van der Waals surface area contributed by atoms with E-state index in [1.165, 1.54) is 24.3 Å². The average molecular weight is 423 g/mol. The maximum atomic E-state index is 11.9. The molecular formula is C18H16Cl2N4O4. The summed E-state index contributed by atoms with van der Waals surface area (Å²) in [5, 5.41) is 18.0. The number of nitro benzene ring substituents is 1. The first-order chi connectivity index (χ1) is 13.3. The third-order valence-electron chi connectivity index (χ3n) is 3.61. The molecule has 2 aromatic carbocycles. The Labute approximate surface area is 170 Å². The first-order valence-electron chi connectivity index (χ1n) is 8.09. The van der Waals surface area contributed by atoms with Gasteiger partial charge < -0.3 is 5.32 Å². The van der Waals surface area contributed by atoms with Crippen molar-refractivity contribution in [3.63, 3.8) is 0 Å². The van der Waals surface area contributed by atoms with Crippen molar-refractivity contribution in [2.45, 2.75) is 19.8 Å². The highest BCUT2D eigenvalue weighted by atomic mass is 35.5. The minimum absolute atomic E-state index is 0.0732. The van der Waals surface area contributed by atoms with Crippen molar-refractivity contribution in [1.82, 2.24) is 5.43 Å². The topological polar surface area (TPSA) is 114 Å². The fraction of sp³-hybridized carbons (Fsp3) is 0.167. The molecule has 0 aliphatic heterocycles. The summed E-state index contributed by atoms with van der Waals surface area (Å²) in [6.45, 7) is 1.61. The van der Waals surface area contributed by atoms with Crippen molar-refractivity contribution in [2.75, 3.05) is 5.32 Å². The van der Waals surface area contributed by atoms with Gasteiger partial charge in [0.25, 0.3) is 5.69 Å². The van der Waals surface area contributed by atoms with Gasteiger partial charge in [0.1, 0.15) is 0 Å². The second kappa shape index (κ2) is 9.82. The van der Waals surface area contributed by atoms with Gasteiger partial charge in [-0.25, -0.2) is 5.43 Å². The summed E-state index contributed by atoms with van der Waals surface area (Å²) < 4.78 is 0. The fourth-order valence-electron chi connectivity index (χ4n) is 2.14. The summed E-state index contributed by atoms with van der Waals surface area (Å²) in [5.41, 5.74) is 3.55. The molecule has 0 bridgehead atoms. The molecule has 2 N–H and O–H groups in total. The second-order valence-electron chi connectivity index (χ2n) is 5.71. The minimum Gasteiger partial charge on any atom is -0.325 e. The Bertz CT molecular complexity index is 947. The van der Waals surface area contributed by atoms with Crippen LogP contribution < -0.4 is 10.7 Å². The summed E-state index contributed by atoms with van der Waals surface area (Å²) in [6.07, 6.45) is -0.168. The number of hydrogen-bond donors (Lipinski definition) is 2. The first kappa shape index (κ1) is 21.3. The Hall–Kier alpha value is -2.97. The van der Waals surface area contributed by atoms with Gasteiger partial charge in [-0.3, -0.25) is 19.7 Å². The Kier molecular flexibility index (Phi) is 7.48. The number of nitrogens with one attached hydrogen (secondary N) is 2. The van der Waals surface area contributed by atoms with Gasteiger partial charge in [-0.1, -0.05) is 35.3 Å². The average Bonchev–Trinajstić information content (AvgIpc) is 2.66. The Morgan fingerprint density at radius 3 is 2.50 bits per heavy atom. The van der Waals surface area contributed by atoms with E-state index >= 15 is 0 Å². The van der Waals surface area contributed by atoms with Gasteiger partial charge >= 0.3 is 0 Å². The van der Waals surface area contributed by atoms with Crippen LogP contribution in [0.3, 0.4) is 0 Å². The molecule has 146 valence electrons. The second-order valence-corrected chi connectivity index (χ2v) is 6.56. The van der Waals surface area contributed by atoms with E-state index in [-0.39, 0.29) is 18.5 Å². The van der Waals surface area contributed by atoms with Crippen molar-refractivity contribution >= 4 is 52.1 Å². The molecule has 2 aromatic rings. The molecule has 0 radical (unpaired) electrons. The van der Waals surface area contributed by atoms with E-state index < -0.39 is 16.7 Å². The van der Waals surface area contributed by atoms with Crippen LogP contribution in [0.1, 0.15) is 25.3 Å². The van der Waals surface area contributed by atoms with Gasteiger partial charge in [0, 0.05) is 35.6 Å². The maximum absolute atomic E-state index is 11.9. The van der Waals surface area contributed by atoms with Crippen molar-refractivity contribution in [1.29, 1.82) is 0 Å². The largest absolute Gasteiger partial charge is 0.325 e. The van der Waals surface area contributed by atoms with E-state index in [0.717, 1.165) is 0 Å². The van der Waals surface area contributed by atoms with E-state index in [1.54, 1.807) is 25.1 Å². The SMILES string of the molecule is C/C(=N\NC(=O)CCC(=O)Nc1ccc(Cl)cc1Cl)c1cccc([N+](=O)[O-])c1. The summed E-state index contributed by atoms with van der Waals surface area (Å²) in [5.74, 6) is -0.860. The lowest BCUT2D eigenvalue weighted by atomic mass is 10.1. The molecule has 0 saturated carbocycles.